The van der Waals surface area contributed by atoms with Gasteiger partial charge in [0.15, 0.2) is 0 Å². The van der Waals surface area contributed by atoms with Crippen molar-refractivity contribution in [3.63, 3.8) is 0 Å². The van der Waals surface area contributed by atoms with E-state index in [0.717, 1.165) is 0 Å². The van der Waals surface area contributed by atoms with Crippen LogP contribution in [0.15, 0.2) is 42.5 Å². The van der Waals surface area contributed by atoms with Crippen LogP contribution >= 0.6 is 0 Å². The third-order valence-electron chi connectivity index (χ3n) is 4.19. The zero-order valence-electron chi connectivity index (χ0n) is 14.6. The van der Waals surface area contributed by atoms with Crippen molar-refractivity contribution in [3.05, 3.63) is 64.7 Å². The van der Waals surface area contributed by atoms with Gasteiger partial charge in [0.25, 0.3) is 0 Å². The van der Waals surface area contributed by atoms with Crippen LogP contribution in [0.4, 0.5) is 0 Å². The van der Waals surface area contributed by atoms with Gasteiger partial charge in [-0.2, -0.15) is 6.07 Å². The molecule has 0 aromatic heterocycles. The quantitative estimate of drug-likeness (QED) is 0.500. The van der Waals surface area contributed by atoms with Gasteiger partial charge in [-0.3, -0.25) is 0 Å². The maximum absolute atomic E-state index is 2.37. The van der Waals surface area contributed by atoms with Gasteiger partial charge in [-0.05, 0) is 32.3 Å². The average Bonchev–Trinajstić information content (AvgIpc) is 2.80. The fraction of sp³-hybridized carbons (Fsp3) is 0.286. The Kier molecular flexibility index (Phi) is 4.96. The summed E-state index contributed by atoms with van der Waals surface area (Å²) >= 11 is 0. The zero-order valence-corrected chi connectivity index (χ0v) is 14.6. The molecular formula is C21H23Li. The predicted octanol–water partition coefficient (Wildman–Crippen LogP) is 3.28. The summed E-state index contributed by atoms with van der Waals surface area (Å²) in [5, 5.41) is 2.75. The van der Waals surface area contributed by atoms with Gasteiger partial charge in [0.2, 0.25) is 0 Å². The second kappa shape index (κ2) is 6.41. The Balaban J connectivity index is 0.00000176. The molecule has 0 atom stereocenters. The molecule has 3 aromatic rings. The Morgan fingerprint density at radius 3 is 1.95 bits per heavy atom. The van der Waals surface area contributed by atoms with Crippen LogP contribution in [0.25, 0.3) is 21.9 Å². The monoisotopic (exact) mass is 282 g/mol. The molecular weight excluding hydrogens is 259 g/mol. The molecule has 3 aromatic carbocycles. The van der Waals surface area contributed by atoms with Crippen molar-refractivity contribution in [1.29, 1.82) is 0 Å². The first-order chi connectivity index (χ1) is 9.94. The zero-order chi connectivity index (χ0) is 15.1. The molecule has 0 fully saturated rings. The number of aryl methyl sites for hydroxylation is 3. The average molecular weight is 282 g/mol. The SMILES string of the molecule is Cc1cc(C)cc(-c2cc(C)cc3[cH-]c(C(C)C)cc23)c1.[Li+]. The van der Waals surface area contributed by atoms with E-state index < -0.39 is 0 Å². The van der Waals surface area contributed by atoms with E-state index in [-0.39, 0.29) is 18.9 Å². The molecule has 0 radical (unpaired) electrons. The van der Waals surface area contributed by atoms with Crippen molar-refractivity contribution >= 4 is 10.8 Å². The van der Waals surface area contributed by atoms with Crippen molar-refractivity contribution in [3.8, 4) is 11.1 Å². The van der Waals surface area contributed by atoms with Gasteiger partial charge >= 0.3 is 18.9 Å². The second-order valence-electron chi connectivity index (χ2n) is 6.64. The molecule has 0 bridgehead atoms. The minimum absolute atomic E-state index is 0. The van der Waals surface area contributed by atoms with E-state index in [2.05, 4.69) is 77.1 Å². The van der Waals surface area contributed by atoms with Gasteiger partial charge < -0.3 is 0 Å². The van der Waals surface area contributed by atoms with Crippen LogP contribution in [0.5, 0.6) is 0 Å². The van der Waals surface area contributed by atoms with E-state index in [9.17, 15) is 0 Å². The summed E-state index contributed by atoms with van der Waals surface area (Å²) in [4.78, 5) is 0. The van der Waals surface area contributed by atoms with E-state index in [4.69, 9.17) is 0 Å². The maximum Gasteiger partial charge on any atom is 1.00 e. The van der Waals surface area contributed by atoms with Crippen LogP contribution in [-0.4, -0.2) is 0 Å². The van der Waals surface area contributed by atoms with Crippen LogP contribution in [0, 0.1) is 20.8 Å². The number of rotatable bonds is 2. The Morgan fingerprint density at radius 2 is 1.36 bits per heavy atom. The van der Waals surface area contributed by atoms with Gasteiger partial charge in [-0.15, -0.1) is 28.5 Å². The molecule has 0 nitrogen and oxygen atoms in total. The van der Waals surface area contributed by atoms with Gasteiger partial charge in [-0.1, -0.05) is 60.4 Å². The summed E-state index contributed by atoms with van der Waals surface area (Å²) in [6.07, 6.45) is 0. The van der Waals surface area contributed by atoms with Crippen molar-refractivity contribution in [2.75, 3.05) is 0 Å². The molecule has 1 heteroatoms. The molecule has 0 amide bonds. The van der Waals surface area contributed by atoms with Gasteiger partial charge in [0.05, 0.1) is 0 Å². The molecule has 0 saturated carbocycles. The fourth-order valence-electron chi connectivity index (χ4n) is 3.20. The predicted molar refractivity (Wildman–Crippen MR) is 93.3 cm³/mol. The molecule has 0 aliphatic heterocycles. The summed E-state index contributed by atoms with van der Waals surface area (Å²) < 4.78 is 0. The van der Waals surface area contributed by atoms with E-state index in [1.807, 2.05) is 0 Å². The Labute approximate surface area is 146 Å². The van der Waals surface area contributed by atoms with E-state index in [0.29, 0.717) is 5.92 Å². The first-order valence-corrected chi connectivity index (χ1v) is 7.73. The van der Waals surface area contributed by atoms with E-state index in [1.54, 1.807) is 0 Å². The third kappa shape index (κ3) is 3.19. The molecule has 0 aliphatic carbocycles. The molecule has 0 heterocycles. The summed E-state index contributed by atoms with van der Waals surface area (Å²) in [6, 6.07) is 16.2. The summed E-state index contributed by atoms with van der Waals surface area (Å²) in [7, 11) is 0. The minimum atomic E-state index is 0. The molecule has 0 spiro atoms. The first kappa shape index (κ1) is 17.0. The standard InChI is InChI=1S/C21H23.Li/c1-13(2)17-11-19-9-16(5)10-20(21(19)12-17)18-7-14(3)6-15(4)8-18;/h6-13H,1-5H3;/q-1;+1. The van der Waals surface area contributed by atoms with Crippen LogP contribution < -0.4 is 18.9 Å². The molecule has 0 aliphatic rings. The fourth-order valence-corrected chi connectivity index (χ4v) is 3.20. The van der Waals surface area contributed by atoms with Crippen LogP contribution in [0.1, 0.15) is 42.0 Å². The summed E-state index contributed by atoms with van der Waals surface area (Å²) in [5.41, 5.74) is 8.12. The normalized spacial score (nSPS) is 11.0. The summed E-state index contributed by atoms with van der Waals surface area (Å²) in [5.74, 6) is 0.574. The Hall–Kier alpha value is -1.35. The first-order valence-electron chi connectivity index (χ1n) is 7.73. The second-order valence-corrected chi connectivity index (χ2v) is 6.64. The number of hydrogen-bond donors (Lipinski definition) is 0. The van der Waals surface area contributed by atoms with Crippen LogP contribution in [0.3, 0.4) is 0 Å². The smallest absolute Gasteiger partial charge is 0.164 e. The molecule has 0 N–H and O–H groups in total. The van der Waals surface area contributed by atoms with Gasteiger partial charge in [-0.25, -0.2) is 0 Å². The van der Waals surface area contributed by atoms with E-state index >= 15 is 0 Å². The number of fused-ring (bicyclic) bond motifs is 1. The molecule has 3 rings (SSSR count). The van der Waals surface area contributed by atoms with Crippen LogP contribution in [0.2, 0.25) is 0 Å². The maximum atomic E-state index is 2.37. The minimum Gasteiger partial charge on any atom is -0.164 e. The van der Waals surface area contributed by atoms with Crippen molar-refractivity contribution in [2.24, 2.45) is 0 Å². The number of benzene rings is 2. The summed E-state index contributed by atoms with van der Waals surface area (Å²) in [6.45, 7) is 11.1. The molecule has 108 valence electrons. The topological polar surface area (TPSA) is 0 Å². The van der Waals surface area contributed by atoms with Crippen molar-refractivity contribution < 1.29 is 18.9 Å². The Bertz CT molecular complexity index is 786. The number of hydrogen-bond acceptors (Lipinski definition) is 0. The molecule has 0 unspecified atom stereocenters. The van der Waals surface area contributed by atoms with Crippen LogP contribution in [-0.2, 0) is 0 Å². The molecule has 22 heavy (non-hydrogen) atoms. The van der Waals surface area contributed by atoms with Crippen molar-refractivity contribution in [1.82, 2.24) is 0 Å². The van der Waals surface area contributed by atoms with Gasteiger partial charge in [0.1, 0.15) is 0 Å². The largest absolute Gasteiger partial charge is 1.00 e. The van der Waals surface area contributed by atoms with Crippen molar-refractivity contribution in [2.45, 2.75) is 40.5 Å². The van der Waals surface area contributed by atoms with E-state index in [1.165, 1.54) is 44.2 Å². The molecule has 0 saturated heterocycles. The third-order valence-corrected chi connectivity index (χ3v) is 4.19. The Morgan fingerprint density at radius 1 is 0.773 bits per heavy atom. The van der Waals surface area contributed by atoms with Gasteiger partial charge in [0, 0.05) is 0 Å².